The maximum atomic E-state index is 12.0. The molecule has 1 rings (SSSR count). The lowest BCUT2D eigenvalue weighted by Crippen LogP contribution is -2.35. The summed E-state index contributed by atoms with van der Waals surface area (Å²) in [6.45, 7) is 8.60. The van der Waals surface area contributed by atoms with Crippen molar-refractivity contribution in [3.05, 3.63) is 29.3 Å². The highest BCUT2D eigenvalue weighted by atomic mass is 32.2. The molecule has 0 saturated heterocycles. The van der Waals surface area contributed by atoms with Crippen molar-refractivity contribution in [2.45, 2.75) is 34.1 Å². The van der Waals surface area contributed by atoms with Crippen LogP contribution in [0.4, 0.5) is 5.69 Å². The van der Waals surface area contributed by atoms with Gasteiger partial charge in [-0.3, -0.25) is 9.10 Å². The summed E-state index contributed by atoms with van der Waals surface area (Å²) in [6.07, 6.45) is 1.31. The van der Waals surface area contributed by atoms with E-state index in [1.54, 1.807) is 6.07 Å². The first-order valence-corrected chi connectivity index (χ1v) is 9.27. The van der Waals surface area contributed by atoms with E-state index < -0.39 is 10.0 Å². The van der Waals surface area contributed by atoms with Crippen molar-refractivity contribution in [2.24, 2.45) is 5.92 Å². The number of anilines is 1. The van der Waals surface area contributed by atoms with Crippen LogP contribution in [0.1, 0.15) is 31.4 Å². The molecule has 0 heterocycles. The van der Waals surface area contributed by atoms with Gasteiger partial charge in [0.2, 0.25) is 15.9 Å². The second kappa shape index (κ2) is 7.63. The molecule has 0 aromatic heterocycles. The Morgan fingerprint density at radius 2 is 1.91 bits per heavy atom. The van der Waals surface area contributed by atoms with Crippen molar-refractivity contribution in [1.82, 2.24) is 5.32 Å². The zero-order valence-corrected chi connectivity index (χ0v) is 14.8. The summed E-state index contributed by atoms with van der Waals surface area (Å²) in [7, 11) is -3.43. The topological polar surface area (TPSA) is 66.5 Å². The minimum Gasteiger partial charge on any atom is -0.356 e. The Kier molecular flexibility index (Phi) is 6.41. The smallest absolute Gasteiger partial charge is 0.232 e. The fraction of sp³-hybridized carbons (Fsp3) is 0.562. The van der Waals surface area contributed by atoms with Crippen molar-refractivity contribution in [3.63, 3.8) is 0 Å². The molecular weight excluding hydrogens is 300 g/mol. The van der Waals surface area contributed by atoms with E-state index in [0.717, 1.165) is 17.4 Å². The third kappa shape index (κ3) is 5.67. The molecule has 0 saturated carbocycles. The molecule has 0 aliphatic heterocycles. The summed E-state index contributed by atoms with van der Waals surface area (Å²) in [5, 5.41) is 2.80. The molecule has 1 amide bonds. The van der Waals surface area contributed by atoms with Gasteiger partial charge in [-0.2, -0.15) is 0 Å². The molecule has 22 heavy (non-hydrogen) atoms. The van der Waals surface area contributed by atoms with Gasteiger partial charge in [0.05, 0.1) is 11.9 Å². The first kappa shape index (κ1) is 18.5. The van der Waals surface area contributed by atoms with Crippen LogP contribution in [-0.4, -0.2) is 33.7 Å². The maximum absolute atomic E-state index is 12.0. The Balaban J connectivity index is 2.85. The summed E-state index contributed by atoms with van der Waals surface area (Å²) >= 11 is 0. The Morgan fingerprint density at radius 3 is 2.41 bits per heavy atom. The molecule has 0 spiro atoms. The van der Waals surface area contributed by atoms with Gasteiger partial charge in [-0.05, 0) is 31.4 Å². The number of nitrogens with one attached hydrogen (secondary N) is 1. The SMILES string of the molecule is Cc1ccc(N(CCC(=O)NCC(C)C)S(C)(=O)=O)c(C)c1. The molecule has 0 radical (unpaired) electrons. The molecule has 0 aliphatic carbocycles. The Labute approximate surface area is 133 Å². The highest BCUT2D eigenvalue weighted by molar-refractivity contribution is 7.92. The molecule has 124 valence electrons. The van der Waals surface area contributed by atoms with Crippen molar-refractivity contribution >= 4 is 21.6 Å². The number of amides is 1. The van der Waals surface area contributed by atoms with E-state index in [4.69, 9.17) is 0 Å². The third-order valence-electron chi connectivity index (χ3n) is 3.27. The number of carbonyl (C=O) groups is 1. The molecule has 0 unspecified atom stereocenters. The number of nitrogens with zero attached hydrogens (tertiary/aromatic N) is 1. The van der Waals surface area contributed by atoms with Gasteiger partial charge in [0.15, 0.2) is 0 Å². The Bertz CT molecular complexity index is 624. The molecule has 5 nitrogen and oxygen atoms in total. The van der Waals surface area contributed by atoms with Gasteiger partial charge in [0.1, 0.15) is 0 Å². The van der Waals surface area contributed by atoms with Crippen molar-refractivity contribution in [1.29, 1.82) is 0 Å². The van der Waals surface area contributed by atoms with Crippen molar-refractivity contribution < 1.29 is 13.2 Å². The van der Waals surface area contributed by atoms with E-state index in [1.807, 2.05) is 39.8 Å². The average molecular weight is 326 g/mol. The van der Waals surface area contributed by atoms with Gasteiger partial charge in [0, 0.05) is 19.5 Å². The molecule has 0 aliphatic rings. The number of aryl methyl sites for hydroxylation is 2. The number of rotatable bonds is 7. The lowest BCUT2D eigenvalue weighted by Gasteiger charge is -2.24. The van der Waals surface area contributed by atoms with E-state index in [2.05, 4.69) is 5.32 Å². The lowest BCUT2D eigenvalue weighted by molar-refractivity contribution is -0.121. The van der Waals surface area contributed by atoms with Crippen LogP contribution < -0.4 is 9.62 Å². The quantitative estimate of drug-likeness (QED) is 0.835. The van der Waals surface area contributed by atoms with E-state index in [9.17, 15) is 13.2 Å². The van der Waals surface area contributed by atoms with E-state index in [0.29, 0.717) is 18.2 Å². The maximum Gasteiger partial charge on any atom is 0.232 e. The summed E-state index contributed by atoms with van der Waals surface area (Å²) in [6, 6.07) is 5.60. The molecule has 1 aromatic rings. The van der Waals surface area contributed by atoms with Crippen LogP contribution in [0.5, 0.6) is 0 Å². The standard InChI is InChI=1S/C16H26N2O3S/c1-12(2)11-17-16(19)8-9-18(22(5,20)21)15-7-6-13(3)10-14(15)4/h6-7,10,12H,8-9,11H2,1-5H3,(H,17,19). The summed E-state index contributed by atoms with van der Waals surface area (Å²) in [5.41, 5.74) is 2.59. The van der Waals surface area contributed by atoms with E-state index in [-0.39, 0.29) is 18.9 Å². The fourth-order valence-electron chi connectivity index (χ4n) is 2.16. The zero-order chi connectivity index (χ0) is 16.9. The van der Waals surface area contributed by atoms with Gasteiger partial charge < -0.3 is 5.32 Å². The molecule has 0 bridgehead atoms. The van der Waals surface area contributed by atoms with Crippen LogP contribution in [0, 0.1) is 19.8 Å². The highest BCUT2D eigenvalue weighted by Crippen LogP contribution is 2.23. The zero-order valence-electron chi connectivity index (χ0n) is 14.0. The number of sulfonamides is 1. The normalized spacial score (nSPS) is 11.5. The van der Waals surface area contributed by atoms with Gasteiger partial charge in [-0.1, -0.05) is 31.5 Å². The van der Waals surface area contributed by atoms with Gasteiger partial charge in [-0.15, -0.1) is 0 Å². The Hall–Kier alpha value is -1.56. The molecule has 6 heteroatoms. The summed E-state index contributed by atoms with van der Waals surface area (Å²) < 4.78 is 25.4. The van der Waals surface area contributed by atoms with Gasteiger partial charge in [0.25, 0.3) is 0 Å². The van der Waals surface area contributed by atoms with Gasteiger partial charge >= 0.3 is 0 Å². The van der Waals surface area contributed by atoms with Gasteiger partial charge in [-0.25, -0.2) is 8.42 Å². The minimum atomic E-state index is -3.43. The number of carbonyl (C=O) groups excluding carboxylic acids is 1. The first-order valence-electron chi connectivity index (χ1n) is 7.43. The number of hydrogen-bond donors (Lipinski definition) is 1. The third-order valence-corrected chi connectivity index (χ3v) is 4.45. The van der Waals surface area contributed by atoms with Crippen molar-refractivity contribution in [2.75, 3.05) is 23.7 Å². The average Bonchev–Trinajstić information content (AvgIpc) is 2.37. The summed E-state index contributed by atoms with van der Waals surface area (Å²) in [5.74, 6) is 0.237. The Morgan fingerprint density at radius 1 is 1.27 bits per heavy atom. The van der Waals surface area contributed by atoms with E-state index in [1.165, 1.54) is 4.31 Å². The highest BCUT2D eigenvalue weighted by Gasteiger charge is 2.20. The second-order valence-electron chi connectivity index (χ2n) is 6.07. The molecule has 0 atom stereocenters. The predicted octanol–water partition coefficient (Wildman–Crippen LogP) is 2.23. The van der Waals surface area contributed by atoms with Crippen LogP contribution in [0.2, 0.25) is 0 Å². The van der Waals surface area contributed by atoms with Crippen molar-refractivity contribution in [3.8, 4) is 0 Å². The monoisotopic (exact) mass is 326 g/mol. The minimum absolute atomic E-state index is 0.132. The van der Waals surface area contributed by atoms with Crippen LogP contribution in [0.3, 0.4) is 0 Å². The fourth-order valence-corrected chi connectivity index (χ4v) is 3.14. The second-order valence-corrected chi connectivity index (χ2v) is 7.98. The van der Waals surface area contributed by atoms with Crippen LogP contribution in [0.25, 0.3) is 0 Å². The van der Waals surface area contributed by atoms with Crippen LogP contribution in [0.15, 0.2) is 18.2 Å². The number of benzene rings is 1. The largest absolute Gasteiger partial charge is 0.356 e. The molecule has 1 aromatic carbocycles. The lowest BCUT2D eigenvalue weighted by atomic mass is 10.1. The molecule has 0 fully saturated rings. The molecular formula is C16H26N2O3S. The van der Waals surface area contributed by atoms with Crippen LogP contribution >= 0.6 is 0 Å². The number of hydrogen-bond acceptors (Lipinski definition) is 3. The van der Waals surface area contributed by atoms with Crippen LogP contribution in [-0.2, 0) is 14.8 Å². The molecule has 1 N–H and O–H groups in total. The first-order chi connectivity index (χ1) is 10.1. The predicted molar refractivity (Wildman–Crippen MR) is 90.6 cm³/mol. The van der Waals surface area contributed by atoms with E-state index >= 15 is 0 Å². The summed E-state index contributed by atoms with van der Waals surface area (Å²) in [4.78, 5) is 11.8.